The Morgan fingerprint density at radius 1 is 1.08 bits per heavy atom. The number of amides is 1. The molecule has 2 heterocycles. The zero-order valence-corrected chi connectivity index (χ0v) is 22.2. The molecule has 0 saturated carbocycles. The van der Waals surface area contributed by atoms with Crippen LogP contribution in [-0.4, -0.2) is 56.6 Å². The van der Waals surface area contributed by atoms with E-state index in [2.05, 4.69) is 25.8 Å². The number of carbonyl (C=O) groups excluding carboxylic acids is 1. The molecule has 37 heavy (non-hydrogen) atoms. The normalized spacial score (nSPS) is 11.2. The lowest BCUT2D eigenvalue weighted by Gasteiger charge is -2.10. The number of nitrogens with zero attached hydrogens (tertiary/aromatic N) is 6. The first-order valence-electron chi connectivity index (χ1n) is 11.7. The number of aryl methyl sites for hydroxylation is 1. The predicted molar refractivity (Wildman–Crippen MR) is 144 cm³/mol. The van der Waals surface area contributed by atoms with E-state index in [0.717, 1.165) is 28.2 Å². The highest BCUT2D eigenvalue weighted by atomic mass is 32.2. The Balaban J connectivity index is 1.40. The number of hydrazone groups is 1. The van der Waals surface area contributed by atoms with Gasteiger partial charge in [-0.3, -0.25) is 4.79 Å². The van der Waals surface area contributed by atoms with Crippen molar-refractivity contribution in [3.63, 3.8) is 0 Å². The van der Waals surface area contributed by atoms with Crippen LogP contribution in [0.15, 0.2) is 58.8 Å². The first-order valence-corrected chi connectivity index (χ1v) is 12.7. The van der Waals surface area contributed by atoms with Crippen LogP contribution in [0, 0.1) is 13.8 Å². The van der Waals surface area contributed by atoms with E-state index in [1.54, 1.807) is 20.4 Å². The lowest BCUT2D eigenvalue weighted by molar-refractivity contribution is -0.118. The number of hydrogen-bond donors (Lipinski definition) is 1. The minimum absolute atomic E-state index is 0.142. The van der Waals surface area contributed by atoms with Gasteiger partial charge in [0.1, 0.15) is 0 Å². The highest BCUT2D eigenvalue weighted by Crippen LogP contribution is 2.32. The number of benzene rings is 2. The number of methoxy groups -OCH3 is 2. The number of aromatic nitrogens is 5. The van der Waals surface area contributed by atoms with Crippen molar-refractivity contribution in [1.82, 2.24) is 30.0 Å². The largest absolute Gasteiger partial charge is 0.493 e. The van der Waals surface area contributed by atoms with Gasteiger partial charge in [0.25, 0.3) is 5.91 Å². The first-order chi connectivity index (χ1) is 18.0. The van der Waals surface area contributed by atoms with E-state index in [1.165, 1.54) is 11.8 Å². The molecule has 0 spiro atoms. The van der Waals surface area contributed by atoms with Crippen molar-refractivity contribution in [3.8, 4) is 28.6 Å². The monoisotopic (exact) mass is 519 g/mol. The minimum atomic E-state index is -0.245. The van der Waals surface area contributed by atoms with Crippen LogP contribution in [0.4, 0.5) is 0 Å². The van der Waals surface area contributed by atoms with Crippen molar-refractivity contribution in [2.75, 3.05) is 20.0 Å². The molecule has 2 aromatic carbocycles. The van der Waals surface area contributed by atoms with Crippen molar-refractivity contribution in [2.45, 2.75) is 32.5 Å². The Morgan fingerprint density at radius 3 is 2.54 bits per heavy atom. The number of thioether (sulfide) groups is 1. The minimum Gasteiger partial charge on any atom is -0.493 e. The van der Waals surface area contributed by atoms with Crippen molar-refractivity contribution in [3.05, 3.63) is 65.5 Å². The van der Waals surface area contributed by atoms with E-state index in [9.17, 15) is 4.79 Å². The molecule has 0 atom stereocenters. The smallest absolute Gasteiger partial charge is 0.250 e. The van der Waals surface area contributed by atoms with Gasteiger partial charge in [0.05, 0.1) is 43.3 Å². The van der Waals surface area contributed by atoms with Crippen LogP contribution in [0.5, 0.6) is 11.5 Å². The molecule has 0 aliphatic heterocycles. The second kappa shape index (κ2) is 11.7. The van der Waals surface area contributed by atoms with Gasteiger partial charge in [-0.05, 0) is 51.1 Å². The molecule has 0 fully saturated rings. The van der Waals surface area contributed by atoms with E-state index in [-0.39, 0.29) is 11.7 Å². The Morgan fingerprint density at radius 2 is 1.84 bits per heavy atom. The van der Waals surface area contributed by atoms with Crippen molar-refractivity contribution < 1.29 is 14.3 Å². The quantitative estimate of drug-likeness (QED) is 0.191. The van der Waals surface area contributed by atoms with Crippen molar-refractivity contribution in [1.29, 1.82) is 0 Å². The Kier molecular flexibility index (Phi) is 8.24. The Labute approximate surface area is 219 Å². The molecule has 192 valence electrons. The molecule has 0 radical (unpaired) electrons. The molecule has 4 rings (SSSR count). The average Bonchev–Trinajstić information content (AvgIpc) is 3.47. The summed E-state index contributed by atoms with van der Waals surface area (Å²) in [4.78, 5) is 12.5. The maximum Gasteiger partial charge on any atom is 0.250 e. The summed E-state index contributed by atoms with van der Waals surface area (Å²) in [5, 5.41) is 18.0. The van der Waals surface area contributed by atoms with Crippen LogP contribution < -0.4 is 14.9 Å². The molecule has 2 aromatic heterocycles. The fourth-order valence-corrected chi connectivity index (χ4v) is 4.66. The van der Waals surface area contributed by atoms with Crippen molar-refractivity contribution in [2.24, 2.45) is 5.10 Å². The lowest BCUT2D eigenvalue weighted by Crippen LogP contribution is -2.20. The fourth-order valence-electron chi connectivity index (χ4n) is 3.86. The van der Waals surface area contributed by atoms with Gasteiger partial charge in [0, 0.05) is 17.7 Å². The zero-order chi connectivity index (χ0) is 26.4. The molecule has 10 nitrogen and oxygen atoms in total. The highest BCUT2D eigenvalue weighted by Gasteiger charge is 2.17. The number of hydrogen-bond acceptors (Lipinski definition) is 8. The summed E-state index contributed by atoms with van der Waals surface area (Å²) < 4.78 is 14.5. The molecule has 0 unspecified atom stereocenters. The van der Waals surface area contributed by atoms with Crippen LogP contribution in [0.2, 0.25) is 0 Å². The van der Waals surface area contributed by atoms with Crippen LogP contribution in [0.1, 0.15) is 23.9 Å². The second-order valence-corrected chi connectivity index (χ2v) is 8.98. The summed E-state index contributed by atoms with van der Waals surface area (Å²) in [5.74, 6) is 1.83. The molecule has 1 amide bonds. The van der Waals surface area contributed by atoms with Crippen LogP contribution in [0.25, 0.3) is 17.1 Å². The van der Waals surface area contributed by atoms with E-state index >= 15 is 0 Å². The molecular formula is C26H29N7O3S. The Hall–Kier alpha value is -4.12. The predicted octanol–water partition coefficient (Wildman–Crippen LogP) is 4.03. The number of ether oxygens (including phenoxy) is 2. The van der Waals surface area contributed by atoms with Crippen LogP contribution >= 0.6 is 11.8 Å². The third-order valence-electron chi connectivity index (χ3n) is 5.74. The summed E-state index contributed by atoms with van der Waals surface area (Å²) in [6.45, 7) is 6.53. The molecule has 1 N–H and O–H groups in total. The third kappa shape index (κ3) is 5.67. The molecule has 0 aliphatic rings. The molecule has 11 heteroatoms. The first kappa shape index (κ1) is 26.0. The molecule has 0 aliphatic carbocycles. The second-order valence-electron chi connectivity index (χ2n) is 8.03. The summed E-state index contributed by atoms with van der Waals surface area (Å²) in [6, 6.07) is 15.5. The van der Waals surface area contributed by atoms with Gasteiger partial charge in [-0.2, -0.15) is 10.2 Å². The zero-order valence-electron chi connectivity index (χ0n) is 21.4. The van der Waals surface area contributed by atoms with Gasteiger partial charge in [-0.15, -0.1) is 10.2 Å². The van der Waals surface area contributed by atoms with Gasteiger partial charge in [-0.25, -0.2) is 10.1 Å². The molecule has 4 aromatic rings. The van der Waals surface area contributed by atoms with Gasteiger partial charge in [0.2, 0.25) is 0 Å². The Bertz CT molecular complexity index is 1410. The maximum atomic E-state index is 12.5. The van der Waals surface area contributed by atoms with E-state index in [1.807, 2.05) is 78.6 Å². The maximum absolute atomic E-state index is 12.5. The summed E-state index contributed by atoms with van der Waals surface area (Å²) >= 11 is 1.30. The highest BCUT2D eigenvalue weighted by molar-refractivity contribution is 7.99. The number of carbonyl (C=O) groups is 1. The summed E-state index contributed by atoms with van der Waals surface area (Å²) in [5.41, 5.74) is 7.03. The lowest BCUT2D eigenvalue weighted by atomic mass is 10.2. The van der Waals surface area contributed by atoms with E-state index in [4.69, 9.17) is 9.47 Å². The topological polar surface area (TPSA) is 108 Å². The molecular weight excluding hydrogens is 490 g/mol. The fraction of sp³-hybridized carbons (Fsp3) is 0.269. The number of nitrogens with one attached hydrogen (secondary N) is 1. The number of para-hydroxylation sites is 1. The van der Waals surface area contributed by atoms with E-state index in [0.29, 0.717) is 29.0 Å². The van der Waals surface area contributed by atoms with Crippen molar-refractivity contribution >= 4 is 23.9 Å². The van der Waals surface area contributed by atoms with Crippen LogP contribution in [0.3, 0.4) is 0 Å². The SMILES string of the molecule is CCn1c(SCC(=O)N/N=C/c2c(C)nn(-c3ccccc3)c2C)nnc1-c1ccc(OC)c(OC)c1. The van der Waals surface area contributed by atoms with Crippen LogP contribution in [-0.2, 0) is 11.3 Å². The van der Waals surface area contributed by atoms with Gasteiger partial charge >= 0.3 is 0 Å². The average molecular weight is 520 g/mol. The summed E-state index contributed by atoms with van der Waals surface area (Å²) in [7, 11) is 3.18. The summed E-state index contributed by atoms with van der Waals surface area (Å²) in [6.07, 6.45) is 1.63. The standard InChI is InChI=1S/C26H29N7O3S/c1-6-32-25(19-12-13-22(35-4)23(14-19)36-5)29-30-26(32)37-16-24(34)28-27-15-21-17(2)31-33(18(21)3)20-10-8-7-9-11-20/h7-15H,6,16H2,1-5H3,(H,28,34)/b27-15+. The van der Waals surface area contributed by atoms with Gasteiger partial charge in [-0.1, -0.05) is 30.0 Å². The molecule has 0 bridgehead atoms. The van der Waals surface area contributed by atoms with Gasteiger partial charge in [0.15, 0.2) is 22.5 Å². The number of rotatable bonds is 10. The molecule has 0 saturated heterocycles. The van der Waals surface area contributed by atoms with Gasteiger partial charge < -0.3 is 14.0 Å². The van der Waals surface area contributed by atoms with E-state index < -0.39 is 0 Å². The third-order valence-corrected chi connectivity index (χ3v) is 6.70.